The van der Waals surface area contributed by atoms with Gasteiger partial charge in [-0.2, -0.15) is 18.4 Å². The molecule has 0 saturated carbocycles. The first-order chi connectivity index (χ1) is 12.8. The predicted molar refractivity (Wildman–Crippen MR) is 106 cm³/mol. The molecular weight excluding hydrogens is 366 g/mol. The van der Waals surface area contributed by atoms with Crippen molar-refractivity contribution in [1.82, 2.24) is 19.5 Å². The number of nitrogens with two attached hydrogens (primary N) is 2. The van der Waals surface area contributed by atoms with E-state index in [1.54, 1.807) is 23.0 Å². The van der Waals surface area contributed by atoms with Crippen LogP contribution in [0.4, 0.5) is 17.5 Å². The third-order valence-corrected chi connectivity index (χ3v) is 5.13. The zero-order chi connectivity index (χ0) is 19.6. The Morgan fingerprint density at radius 3 is 2.44 bits per heavy atom. The van der Waals surface area contributed by atoms with E-state index in [1.807, 2.05) is 19.1 Å². The van der Waals surface area contributed by atoms with E-state index in [9.17, 15) is 8.42 Å². The third-order valence-electron chi connectivity index (χ3n) is 4.24. The molecule has 0 amide bonds. The molecule has 0 saturated heterocycles. The highest BCUT2D eigenvalue weighted by Gasteiger charge is 2.26. The summed E-state index contributed by atoms with van der Waals surface area (Å²) in [5.74, 6) is -0.0191. The number of aromatic nitrogens is 4. The molecule has 1 aromatic carbocycles. The molecule has 0 atom stereocenters. The number of nitrogen functional groups attached to an aromatic ring is 1. The molecule has 0 fully saturated rings. The van der Waals surface area contributed by atoms with Crippen molar-refractivity contribution < 1.29 is 8.42 Å². The molecule has 0 bridgehead atoms. The molecule has 3 aromatic rings. The first kappa shape index (κ1) is 19.1. The second kappa shape index (κ2) is 7.49. The summed E-state index contributed by atoms with van der Waals surface area (Å²) in [6.07, 6.45) is 4.65. The summed E-state index contributed by atoms with van der Waals surface area (Å²) in [4.78, 5) is 12.6. The number of hydrogen-bond acceptors (Lipinski definition) is 6. The van der Waals surface area contributed by atoms with Gasteiger partial charge in [-0.3, -0.25) is 0 Å². The average Bonchev–Trinajstić information content (AvgIpc) is 3.03. The summed E-state index contributed by atoms with van der Waals surface area (Å²) in [5.41, 5.74) is 8.07. The van der Waals surface area contributed by atoms with Crippen LogP contribution in [-0.4, -0.2) is 27.9 Å². The predicted octanol–water partition coefficient (Wildman–Crippen LogP) is 2.11. The number of aryl methyl sites for hydroxylation is 2. The van der Waals surface area contributed by atoms with E-state index in [0.717, 1.165) is 29.1 Å². The van der Waals surface area contributed by atoms with Gasteiger partial charge in [-0.25, -0.2) is 14.4 Å². The van der Waals surface area contributed by atoms with Gasteiger partial charge in [0.05, 0.1) is 12.0 Å². The van der Waals surface area contributed by atoms with E-state index in [0.29, 0.717) is 23.4 Å². The van der Waals surface area contributed by atoms with E-state index in [1.165, 1.54) is 0 Å². The first-order valence-corrected chi connectivity index (χ1v) is 10.3. The normalized spacial score (nSPS) is 11.8. The molecule has 4 N–H and O–H groups in total. The van der Waals surface area contributed by atoms with Crippen LogP contribution in [-0.2, 0) is 23.2 Å². The van der Waals surface area contributed by atoms with Gasteiger partial charge in [-0.1, -0.05) is 25.5 Å². The van der Waals surface area contributed by atoms with Gasteiger partial charge in [0.1, 0.15) is 0 Å². The third kappa shape index (κ3) is 3.86. The Labute approximate surface area is 158 Å². The molecule has 27 heavy (non-hydrogen) atoms. The zero-order valence-electron chi connectivity index (χ0n) is 15.3. The van der Waals surface area contributed by atoms with Crippen LogP contribution in [0.5, 0.6) is 0 Å². The van der Waals surface area contributed by atoms with Crippen molar-refractivity contribution in [3.8, 4) is 0 Å². The molecule has 0 radical (unpaired) electrons. The molecule has 9 nitrogen and oxygen atoms in total. The molecule has 0 unspecified atom stereocenters. The van der Waals surface area contributed by atoms with E-state index in [4.69, 9.17) is 10.9 Å². The van der Waals surface area contributed by atoms with Crippen molar-refractivity contribution in [2.75, 3.05) is 10.0 Å². The Morgan fingerprint density at radius 1 is 1.15 bits per heavy atom. The molecule has 2 heterocycles. The van der Waals surface area contributed by atoms with Crippen LogP contribution in [0.25, 0.3) is 11.2 Å². The Morgan fingerprint density at radius 2 is 1.85 bits per heavy atom. The number of imidazole rings is 1. The van der Waals surface area contributed by atoms with Crippen LogP contribution in [0.1, 0.15) is 32.3 Å². The number of hydrogen-bond donors (Lipinski definition) is 2. The highest BCUT2D eigenvalue weighted by molar-refractivity contribution is 7.90. The van der Waals surface area contributed by atoms with Gasteiger partial charge in [-0.15, -0.1) is 0 Å². The topological polar surface area (TPSA) is 133 Å². The Kier molecular flexibility index (Phi) is 5.29. The maximum atomic E-state index is 12.4. The molecular formula is C17H23N7O2S. The lowest BCUT2D eigenvalue weighted by Crippen LogP contribution is -2.33. The lowest BCUT2D eigenvalue weighted by molar-refractivity contribution is 0.597. The van der Waals surface area contributed by atoms with Gasteiger partial charge in [0.2, 0.25) is 5.95 Å². The van der Waals surface area contributed by atoms with E-state index in [-0.39, 0.29) is 11.8 Å². The molecule has 0 spiro atoms. The number of benzene rings is 1. The molecule has 0 aliphatic heterocycles. The van der Waals surface area contributed by atoms with Gasteiger partial charge in [-0.05, 0) is 37.5 Å². The van der Waals surface area contributed by atoms with Gasteiger partial charge in [0, 0.05) is 6.54 Å². The minimum Gasteiger partial charge on any atom is -0.368 e. The fourth-order valence-electron chi connectivity index (χ4n) is 2.89. The van der Waals surface area contributed by atoms with Crippen LogP contribution < -0.4 is 15.2 Å². The maximum absolute atomic E-state index is 12.4. The minimum atomic E-state index is -4.17. The largest absolute Gasteiger partial charge is 0.368 e. The smallest absolute Gasteiger partial charge is 0.304 e. The molecule has 144 valence electrons. The van der Waals surface area contributed by atoms with Crippen LogP contribution in [0.15, 0.2) is 30.6 Å². The summed E-state index contributed by atoms with van der Waals surface area (Å²) in [7, 11) is -4.17. The second-order valence-corrected chi connectivity index (χ2v) is 7.58. The van der Waals surface area contributed by atoms with Crippen LogP contribution >= 0.6 is 0 Å². The summed E-state index contributed by atoms with van der Waals surface area (Å²) in [6, 6.07) is 7.18. The molecule has 2 aromatic heterocycles. The van der Waals surface area contributed by atoms with Crippen LogP contribution in [0.3, 0.4) is 0 Å². The Bertz CT molecular complexity index is 1050. The van der Waals surface area contributed by atoms with E-state index < -0.39 is 10.2 Å². The van der Waals surface area contributed by atoms with Gasteiger partial charge in [0.15, 0.2) is 17.0 Å². The van der Waals surface area contributed by atoms with Gasteiger partial charge >= 0.3 is 10.2 Å². The fourth-order valence-corrected chi connectivity index (χ4v) is 3.67. The molecule has 10 heteroatoms. The first-order valence-electron chi connectivity index (χ1n) is 8.75. The standard InChI is InChI=1S/C17H23N7O2S/c1-3-5-6-12-7-9-13(10-8-12)24(27(19,25)26)16-14-15(21-17(18)22-16)23(4-2)11-20-14/h7-11H,3-6H2,1-2H3,(H2,18,21,22)(H2,19,25,26). The minimum absolute atomic E-state index is 0.0357. The Balaban J connectivity index is 2.15. The van der Waals surface area contributed by atoms with Gasteiger partial charge < -0.3 is 10.3 Å². The summed E-state index contributed by atoms with van der Waals surface area (Å²) in [6.45, 7) is 4.65. The van der Waals surface area contributed by atoms with Crippen LogP contribution in [0.2, 0.25) is 0 Å². The van der Waals surface area contributed by atoms with Crippen molar-refractivity contribution in [3.05, 3.63) is 36.2 Å². The number of anilines is 3. The summed E-state index contributed by atoms with van der Waals surface area (Å²) < 4.78 is 27.5. The summed E-state index contributed by atoms with van der Waals surface area (Å²) in [5, 5.41) is 5.50. The van der Waals surface area contributed by atoms with Crippen molar-refractivity contribution in [2.45, 2.75) is 39.7 Å². The lowest BCUT2D eigenvalue weighted by atomic mass is 10.1. The lowest BCUT2D eigenvalue weighted by Gasteiger charge is -2.21. The number of fused-ring (bicyclic) bond motifs is 1. The number of rotatable bonds is 7. The van der Waals surface area contributed by atoms with Gasteiger partial charge in [0.25, 0.3) is 0 Å². The highest BCUT2D eigenvalue weighted by Crippen LogP contribution is 2.31. The quantitative estimate of drug-likeness (QED) is 0.636. The SMILES string of the molecule is CCCCc1ccc(N(c2nc(N)nc3c2ncn3CC)S(N)(=O)=O)cc1. The molecule has 0 aliphatic rings. The van der Waals surface area contributed by atoms with Crippen molar-refractivity contribution in [2.24, 2.45) is 5.14 Å². The monoisotopic (exact) mass is 389 g/mol. The average molecular weight is 389 g/mol. The van der Waals surface area contributed by atoms with Crippen molar-refractivity contribution in [3.63, 3.8) is 0 Å². The zero-order valence-corrected chi connectivity index (χ0v) is 16.1. The number of unbranched alkanes of at least 4 members (excludes halogenated alkanes) is 1. The number of nitrogens with zero attached hydrogens (tertiary/aromatic N) is 5. The van der Waals surface area contributed by atoms with E-state index >= 15 is 0 Å². The maximum Gasteiger partial charge on any atom is 0.304 e. The summed E-state index contributed by atoms with van der Waals surface area (Å²) >= 11 is 0. The van der Waals surface area contributed by atoms with Crippen molar-refractivity contribution in [1.29, 1.82) is 0 Å². The molecule has 3 rings (SSSR count). The second-order valence-electron chi connectivity index (χ2n) is 6.19. The van der Waals surface area contributed by atoms with Crippen molar-refractivity contribution >= 4 is 38.8 Å². The molecule has 0 aliphatic carbocycles. The highest BCUT2D eigenvalue weighted by atomic mass is 32.2. The fraction of sp³-hybridized carbons (Fsp3) is 0.353. The van der Waals surface area contributed by atoms with E-state index in [2.05, 4.69) is 21.9 Å². The van der Waals surface area contributed by atoms with Crippen LogP contribution in [0, 0.1) is 0 Å². The Hall–Kier alpha value is -2.72.